The van der Waals surface area contributed by atoms with Crippen LogP contribution in [0.15, 0.2) is 39.5 Å². The fraction of sp³-hybridized carbons (Fsp3) is 0.188. The summed E-state index contributed by atoms with van der Waals surface area (Å²) in [7, 11) is 0. The van der Waals surface area contributed by atoms with Crippen LogP contribution in [-0.2, 0) is 6.54 Å². The summed E-state index contributed by atoms with van der Waals surface area (Å²) in [6, 6.07) is 8.09. The number of fused-ring (bicyclic) bond motifs is 1. The summed E-state index contributed by atoms with van der Waals surface area (Å²) in [6.07, 6.45) is 0. The lowest BCUT2D eigenvalue weighted by atomic mass is 10.2. The van der Waals surface area contributed by atoms with Gasteiger partial charge in [-0.3, -0.25) is 9.59 Å². The molecule has 3 rings (SSSR count). The molecule has 6 heteroatoms. The Morgan fingerprint density at radius 1 is 1.32 bits per heavy atom. The lowest BCUT2D eigenvalue weighted by Crippen LogP contribution is -2.23. The average molecular weight is 314 g/mol. The first-order valence-electron chi connectivity index (χ1n) is 6.78. The number of amides is 1. The number of carbonyl (C=O) groups excluding carboxylic acids is 1. The fourth-order valence-electron chi connectivity index (χ4n) is 2.20. The first-order valence-corrected chi connectivity index (χ1v) is 7.60. The molecule has 0 saturated heterocycles. The molecule has 3 aromatic rings. The third-order valence-corrected chi connectivity index (χ3v) is 4.34. The van der Waals surface area contributed by atoms with E-state index in [9.17, 15) is 9.59 Å². The van der Waals surface area contributed by atoms with E-state index in [-0.39, 0.29) is 11.2 Å². The van der Waals surface area contributed by atoms with Crippen molar-refractivity contribution >= 4 is 28.2 Å². The highest BCUT2D eigenvalue weighted by molar-refractivity contribution is 7.11. The predicted octanol–water partition coefficient (Wildman–Crippen LogP) is 2.80. The highest BCUT2D eigenvalue weighted by Gasteiger charge is 2.13. The molecule has 0 aliphatic carbocycles. The van der Waals surface area contributed by atoms with Crippen molar-refractivity contribution < 1.29 is 9.21 Å². The average Bonchev–Trinajstić information content (AvgIpc) is 2.82. The zero-order valence-corrected chi connectivity index (χ0v) is 13.0. The second-order valence-electron chi connectivity index (χ2n) is 4.90. The van der Waals surface area contributed by atoms with Gasteiger partial charge in [-0.25, -0.2) is 4.98 Å². The van der Waals surface area contributed by atoms with Gasteiger partial charge in [-0.1, -0.05) is 12.1 Å². The normalized spacial score (nSPS) is 10.8. The van der Waals surface area contributed by atoms with Crippen molar-refractivity contribution in [3.05, 3.63) is 61.9 Å². The van der Waals surface area contributed by atoms with E-state index in [0.29, 0.717) is 17.5 Å². The molecular weight excluding hydrogens is 300 g/mol. The minimum atomic E-state index is -0.409. The Balaban J connectivity index is 1.83. The number of benzene rings is 1. The van der Waals surface area contributed by atoms with Crippen LogP contribution >= 0.6 is 11.3 Å². The van der Waals surface area contributed by atoms with Gasteiger partial charge in [0.05, 0.1) is 22.6 Å². The Labute approximate surface area is 130 Å². The van der Waals surface area contributed by atoms with Crippen LogP contribution in [0.5, 0.6) is 0 Å². The van der Waals surface area contributed by atoms with Crippen molar-refractivity contribution in [3.8, 4) is 0 Å². The standard InChI is InChI=1S/C16H14N2O3S/c1-9-15(22-10(2)18-9)8-17-16(20)14-7-12(19)11-5-3-4-6-13(11)21-14/h3-7H,8H2,1-2H3,(H,17,20). The Morgan fingerprint density at radius 2 is 2.09 bits per heavy atom. The molecule has 1 amide bonds. The van der Waals surface area contributed by atoms with Gasteiger partial charge in [-0.05, 0) is 26.0 Å². The van der Waals surface area contributed by atoms with Gasteiger partial charge >= 0.3 is 0 Å². The lowest BCUT2D eigenvalue weighted by molar-refractivity contribution is 0.0924. The van der Waals surface area contributed by atoms with Gasteiger partial charge in [0, 0.05) is 10.9 Å². The highest BCUT2D eigenvalue weighted by Crippen LogP contribution is 2.17. The Hall–Kier alpha value is -2.47. The summed E-state index contributed by atoms with van der Waals surface area (Å²) in [5.74, 6) is -0.393. The Morgan fingerprint density at radius 3 is 2.82 bits per heavy atom. The SMILES string of the molecule is Cc1nc(C)c(CNC(=O)c2cc(=O)c3ccccc3o2)s1. The molecular formula is C16H14N2O3S. The Kier molecular flexibility index (Phi) is 3.77. The second kappa shape index (κ2) is 5.73. The van der Waals surface area contributed by atoms with Crippen LogP contribution in [-0.4, -0.2) is 10.9 Å². The van der Waals surface area contributed by atoms with Gasteiger partial charge < -0.3 is 9.73 Å². The number of para-hydroxylation sites is 1. The molecule has 0 fully saturated rings. The number of aromatic nitrogens is 1. The molecule has 1 aromatic carbocycles. The maximum atomic E-state index is 12.2. The maximum absolute atomic E-state index is 12.2. The highest BCUT2D eigenvalue weighted by atomic mass is 32.1. The molecule has 0 unspecified atom stereocenters. The van der Waals surface area contributed by atoms with Gasteiger partial charge in [0.25, 0.3) is 5.91 Å². The van der Waals surface area contributed by atoms with Crippen molar-refractivity contribution in [2.45, 2.75) is 20.4 Å². The summed E-state index contributed by atoms with van der Waals surface area (Å²) in [4.78, 5) is 29.5. The molecule has 0 spiro atoms. The van der Waals surface area contributed by atoms with E-state index in [1.54, 1.807) is 24.3 Å². The van der Waals surface area contributed by atoms with E-state index in [4.69, 9.17) is 4.42 Å². The predicted molar refractivity (Wildman–Crippen MR) is 85.2 cm³/mol. The van der Waals surface area contributed by atoms with Gasteiger partial charge in [0.15, 0.2) is 11.2 Å². The maximum Gasteiger partial charge on any atom is 0.287 e. The van der Waals surface area contributed by atoms with E-state index in [1.807, 2.05) is 13.8 Å². The van der Waals surface area contributed by atoms with E-state index < -0.39 is 5.91 Å². The van der Waals surface area contributed by atoms with Crippen LogP contribution in [0, 0.1) is 13.8 Å². The van der Waals surface area contributed by atoms with Gasteiger partial charge in [-0.2, -0.15) is 0 Å². The molecule has 0 atom stereocenters. The molecule has 0 radical (unpaired) electrons. The number of nitrogens with zero attached hydrogens (tertiary/aromatic N) is 1. The number of thiazole rings is 1. The van der Waals surface area contributed by atoms with Crippen LogP contribution < -0.4 is 10.7 Å². The number of nitrogens with one attached hydrogen (secondary N) is 1. The third kappa shape index (κ3) is 2.78. The van der Waals surface area contributed by atoms with Crippen molar-refractivity contribution in [2.24, 2.45) is 0 Å². The molecule has 2 aromatic heterocycles. The molecule has 2 heterocycles. The topological polar surface area (TPSA) is 72.2 Å². The van der Waals surface area contributed by atoms with E-state index in [2.05, 4.69) is 10.3 Å². The monoisotopic (exact) mass is 314 g/mol. The molecule has 0 saturated carbocycles. The zero-order chi connectivity index (χ0) is 15.7. The molecule has 1 N–H and O–H groups in total. The first-order chi connectivity index (χ1) is 10.5. The number of rotatable bonds is 3. The van der Waals surface area contributed by atoms with Crippen molar-refractivity contribution in [1.29, 1.82) is 0 Å². The van der Waals surface area contributed by atoms with Crippen LogP contribution in [0.25, 0.3) is 11.0 Å². The van der Waals surface area contributed by atoms with Crippen molar-refractivity contribution in [3.63, 3.8) is 0 Å². The summed E-state index contributed by atoms with van der Waals surface area (Å²) in [5, 5.41) is 4.18. The molecule has 5 nitrogen and oxygen atoms in total. The smallest absolute Gasteiger partial charge is 0.287 e. The van der Waals surface area contributed by atoms with Gasteiger partial charge in [0.2, 0.25) is 0 Å². The second-order valence-corrected chi connectivity index (χ2v) is 6.18. The zero-order valence-electron chi connectivity index (χ0n) is 12.2. The first kappa shape index (κ1) is 14.5. The minimum Gasteiger partial charge on any atom is -0.451 e. The van der Waals surface area contributed by atoms with E-state index in [0.717, 1.165) is 15.6 Å². The molecule has 0 aliphatic rings. The minimum absolute atomic E-state index is 0.0163. The van der Waals surface area contributed by atoms with Crippen LogP contribution in [0.4, 0.5) is 0 Å². The van der Waals surface area contributed by atoms with Crippen LogP contribution in [0.1, 0.15) is 26.1 Å². The molecule has 22 heavy (non-hydrogen) atoms. The quantitative estimate of drug-likeness (QED) is 0.807. The van der Waals surface area contributed by atoms with Crippen LogP contribution in [0.3, 0.4) is 0 Å². The largest absolute Gasteiger partial charge is 0.451 e. The number of aryl methyl sites for hydroxylation is 2. The Bertz CT molecular complexity index is 911. The van der Waals surface area contributed by atoms with E-state index >= 15 is 0 Å². The van der Waals surface area contributed by atoms with Crippen molar-refractivity contribution in [1.82, 2.24) is 10.3 Å². The van der Waals surface area contributed by atoms with E-state index in [1.165, 1.54) is 17.4 Å². The van der Waals surface area contributed by atoms with Crippen LogP contribution in [0.2, 0.25) is 0 Å². The molecule has 112 valence electrons. The third-order valence-electron chi connectivity index (χ3n) is 3.27. The van der Waals surface area contributed by atoms with Gasteiger partial charge in [0.1, 0.15) is 5.58 Å². The fourth-order valence-corrected chi connectivity index (χ4v) is 3.08. The number of hydrogen-bond donors (Lipinski definition) is 1. The number of hydrogen-bond acceptors (Lipinski definition) is 5. The summed E-state index contributed by atoms with van der Waals surface area (Å²) >= 11 is 1.54. The molecule has 0 aliphatic heterocycles. The summed E-state index contributed by atoms with van der Waals surface area (Å²) in [6.45, 7) is 4.19. The lowest BCUT2D eigenvalue weighted by Gasteiger charge is -2.04. The summed E-state index contributed by atoms with van der Waals surface area (Å²) in [5.41, 5.74) is 1.09. The van der Waals surface area contributed by atoms with Gasteiger partial charge in [-0.15, -0.1) is 11.3 Å². The number of carbonyl (C=O) groups is 1. The van der Waals surface area contributed by atoms with Crippen molar-refractivity contribution in [2.75, 3.05) is 0 Å². The molecule has 0 bridgehead atoms. The summed E-state index contributed by atoms with van der Waals surface area (Å²) < 4.78 is 5.50.